The molecule has 20 heavy (non-hydrogen) atoms. The van der Waals surface area contributed by atoms with Crippen molar-refractivity contribution >= 4 is 17.2 Å². The van der Waals surface area contributed by atoms with Crippen LogP contribution in [-0.2, 0) is 4.79 Å². The molecule has 1 N–H and O–H groups in total. The number of ether oxygens (including phenoxy) is 1. The molecule has 0 bridgehead atoms. The fourth-order valence-corrected chi connectivity index (χ4v) is 2.55. The van der Waals surface area contributed by atoms with Crippen molar-refractivity contribution in [2.45, 2.75) is 32.9 Å². The SMILES string of the molecule is Cc1ccc(OC(C)C(=O)NC(C)c2cccs2)cc1. The Kier molecular flexibility index (Phi) is 4.79. The van der Waals surface area contributed by atoms with E-state index in [1.807, 2.05) is 55.6 Å². The number of hydrogen-bond acceptors (Lipinski definition) is 3. The standard InChI is InChI=1S/C16H19NO2S/c1-11-6-8-14(9-7-11)19-13(3)16(18)17-12(2)15-5-4-10-20-15/h4-10,12-13H,1-3H3,(H,17,18). The molecule has 0 saturated carbocycles. The Balaban J connectivity index is 1.90. The van der Waals surface area contributed by atoms with Crippen LogP contribution in [0.5, 0.6) is 5.75 Å². The first kappa shape index (κ1) is 14.6. The molecule has 0 aliphatic heterocycles. The third-order valence-electron chi connectivity index (χ3n) is 3.03. The van der Waals surface area contributed by atoms with Crippen LogP contribution in [0.25, 0.3) is 0 Å². The number of hydrogen-bond donors (Lipinski definition) is 1. The van der Waals surface area contributed by atoms with E-state index in [2.05, 4.69) is 5.32 Å². The lowest BCUT2D eigenvalue weighted by molar-refractivity contribution is -0.127. The lowest BCUT2D eigenvalue weighted by Gasteiger charge is -2.18. The summed E-state index contributed by atoms with van der Waals surface area (Å²) in [5.74, 6) is 0.605. The molecule has 2 atom stereocenters. The molecular formula is C16H19NO2S. The summed E-state index contributed by atoms with van der Waals surface area (Å²) >= 11 is 1.63. The number of aryl methyl sites for hydroxylation is 1. The Labute approximate surface area is 123 Å². The van der Waals surface area contributed by atoms with E-state index in [-0.39, 0.29) is 11.9 Å². The molecule has 1 aromatic heterocycles. The lowest BCUT2D eigenvalue weighted by Crippen LogP contribution is -2.37. The lowest BCUT2D eigenvalue weighted by atomic mass is 10.2. The molecule has 1 aromatic carbocycles. The van der Waals surface area contributed by atoms with Gasteiger partial charge in [-0.25, -0.2) is 0 Å². The molecule has 2 aromatic rings. The number of carbonyl (C=O) groups excluding carboxylic acids is 1. The van der Waals surface area contributed by atoms with Gasteiger partial charge in [0.15, 0.2) is 6.10 Å². The van der Waals surface area contributed by atoms with Crippen molar-refractivity contribution in [2.75, 3.05) is 0 Å². The Morgan fingerprint density at radius 1 is 1.20 bits per heavy atom. The molecule has 1 amide bonds. The zero-order chi connectivity index (χ0) is 14.5. The molecule has 0 aliphatic rings. The minimum absolute atomic E-state index is 0.00608. The van der Waals surface area contributed by atoms with E-state index in [9.17, 15) is 4.79 Å². The number of benzene rings is 1. The predicted octanol–water partition coefficient (Wildman–Crippen LogP) is 3.70. The summed E-state index contributed by atoms with van der Waals surface area (Å²) in [4.78, 5) is 13.2. The van der Waals surface area contributed by atoms with Gasteiger partial charge in [0, 0.05) is 4.88 Å². The molecule has 0 aliphatic carbocycles. The highest BCUT2D eigenvalue weighted by molar-refractivity contribution is 7.10. The van der Waals surface area contributed by atoms with E-state index in [0.29, 0.717) is 5.75 Å². The molecule has 2 rings (SSSR count). The fourth-order valence-electron chi connectivity index (χ4n) is 1.81. The highest BCUT2D eigenvalue weighted by Gasteiger charge is 2.18. The van der Waals surface area contributed by atoms with E-state index >= 15 is 0 Å². The Hall–Kier alpha value is -1.81. The number of carbonyl (C=O) groups is 1. The average Bonchev–Trinajstić information content (AvgIpc) is 2.95. The van der Waals surface area contributed by atoms with Crippen molar-refractivity contribution in [3.8, 4) is 5.75 Å². The normalized spacial score (nSPS) is 13.6. The molecule has 4 heteroatoms. The first-order valence-corrected chi connectivity index (χ1v) is 7.51. The van der Waals surface area contributed by atoms with Crippen LogP contribution < -0.4 is 10.1 Å². The van der Waals surface area contributed by atoms with Gasteiger partial charge in [-0.3, -0.25) is 4.79 Å². The van der Waals surface area contributed by atoms with Crippen molar-refractivity contribution in [3.63, 3.8) is 0 Å². The van der Waals surface area contributed by atoms with Gasteiger partial charge in [-0.15, -0.1) is 11.3 Å². The number of thiophene rings is 1. The van der Waals surface area contributed by atoms with Gasteiger partial charge in [0.05, 0.1) is 6.04 Å². The van der Waals surface area contributed by atoms with Crippen molar-refractivity contribution in [2.24, 2.45) is 0 Å². The van der Waals surface area contributed by atoms with Gasteiger partial charge in [-0.05, 0) is 44.4 Å². The summed E-state index contributed by atoms with van der Waals surface area (Å²) in [7, 11) is 0. The van der Waals surface area contributed by atoms with Gasteiger partial charge < -0.3 is 10.1 Å². The Bertz CT molecular complexity index is 548. The summed E-state index contributed by atoms with van der Waals surface area (Å²) < 4.78 is 5.64. The number of nitrogens with one attached hydrogen (secondary N) is 1. The van der Waals surface area contributed by atoms with E-state index in [0.717, 1.165) is 4.88 Å². The second-order valence-electron chi connectivity index (χ2n) is 4.82. The molecule has 0 radical (unpaired) electrons. The van der Waals surface area contributed by atoms with E-state index in [1.165, 1.54) is 5.56 Å². The Morgan fingerprint density at radius 3 is 2.50 bits per heavy atom. The van der Waals surface area contributed by atoms with Crippen LogP contribution in [0.2, 0.25) is 0 Å². The van der Waals surface area contributed by atoms with Crippen LogP contribution in [-0.4, -0.2) is 12.0 Å². The minimum Gasteiger partial charge on any atom is -0.481 e. The average molecular weight is 289 g/mol. The van der Waals surface area contributed by atoms with Gasteiger partial charge in [-0.1, -0.05) is 23.8 Å². The van der Waals surface area contributed by atoms with Crippen LogP contribution >= 0.6 is 11.3 Å². The third kappa shape index (κ3) is 3.84. The number of rotatable bonds is 5. The highest BCUT2D eigenvalue weighted by atomic mass is 32.1. The summed E-state index contributed by atoms with van der Waals surface area (Å²) in [6.07, 6.45) is -0.514. The maximum absolute atomic E-state index is 12.1. The van der Waals surface area contributed by atoms with Crippen LogP contribution in [0.1, 0.15) is 30.3 Å². The van der Waals surface area contributed by atoms with Crippen molar-refractivity contribution in [3.05, 3.63) is 52.2 Å². The van der Waals surface area contributed by atoms with Crippen LogP contribution in [0.4, 0.5) is 0 Å². The second-order valence-corrected chi connectivity index (χ2v) is 5.80. The maximum atomic E-state index is 12.1. The molecule has 0 spiro atoms. The molecule has 3 nitrogen and oxygen atoms in total. The zero-order valence-electron chi connectivity index (χ0n) is 11.9. The van der Waals surface area contributed by atoms with Gasteiger partial charge >= 0.3 is 0 Å². The van der Waals surface area contributed by atoms with E-state index < -0.39 is 6.10 Å². The minimum atomic E-state index is -0.514. The van der Waals surface area contributed by atoms with Crippen LogP contribution in [0.3, 0.4) is 0 Å². The van der Waals surface area contributed by atoms with Gasteiger partial charge in [0.25, 0.3) is 5.91 Å². The summed E-state index contributed by atoms with van der Waals surface area (Å²) in [5, 5.41) is 4.96. The second kappa shape index (κ2) is 6.57. The molecule has 1 heterocycles. The monoisotopic (exact) mass is 289 g/mol. The largest absolute Gasteiger partial charge is 0.481 e. The van der Waals surface area contributed by atoms with Gasteiger partial charge in [-0.2, -0.15) is 0 Å². The summed E-state index contributed by atoms with van der Waals surface area (Å²) in [6, 6.07) is 11.7. The van der Waals surface area contributed by atoms with E-state index in [1.54, 1.807) is 18.3 Å². The van der Waals surface area contributed by atoms with Crippen LogP contribution in [0.15, 0.2) is 41.8 Å². The maximum Gasteiger partial charge on any atom is 0.261 e. The van der Waals surface area contributed by atoms with E-state index in [4.69, 9.17) is 4.74 Å². The third-order valence-corrected chi connectivity index (χ3v) is 4.09. The smallest absolute Gasteiger partial charge is 0.261 e. The fraction of sp³-hybridized carbons (Fsp3) is 0.312. The molecule has 106 valence electrons. The van der Waals surface area contributed by atoms with Gasteiger partial charge in [0.1, 0.15) is 5.75 Å². The van der Waals surface area contributed by atoms with Crippen molar-refractivity contribution in [1.82, 2.24) is 5.32 Å². The highest BCUT2D eigenvalue weighted by Crippen LogP contribution is 2.19. The predicted molar refractivity (Wildman–Crippen MR) is 82.1 cm³/mol. The van der Waals surface area contributed by atoms with Gasteiger partial charge in [0.2, 0.25) is 0 Å². The summed E-state index contributed by atoms with van der Waals surface area (Å²) in [5.41, 5.74) is 1.17. The molecule has 0 saturated heterocycles. The van der Waals surface area contributed by atoms with Crippen molar-refractivity contribution in [1.29, 1.82) is 0 Å². The topological polar surface area (TPSA) is 38.3 Å². The number of amides is 1. The first-order chi connectivity index (χ1) is 9.56. The van der Waals surface area contributed by atoms with Crippen molar-refractivity contribution < 1.29 is 9.53 Å². The molecular weight excluding hydrogens is 270 g/mol. The molecule has 2 unspecified atom stereocenters. The van der Waals surface area contributed by atoms with Crippen LogP contribution in [0, 0.1) is 6.92 Å². The Morgan fingerprint density at radius 2 is 1.90 bits per heavy atom. The quantitative estimate of drug-likeness (QED) is 0.911. The molecule has 0 fully saturated rings. The first-order valence-electron chi connectivity index (χ1n) is 6.63. The summed E-state index contributed by atoms with van der Waals surface area (Å²) in [6.45, 7) is 5.75. The zero-order valence-corrected chi connectivity index (χ0v) is 12.7.